The maximum absolute atomic E-state index is 12.2. The number of amides is 2. The largest absolute Gasteiger partial charge is 0.495 e. The van der Waals surface area contributed by atoms with E-state index < -0.39 is 5.97 Å². The maximum atomic E-state index is 12.2. The number of hydrogen-bond donors (Lipinski definition) is 2. The van der Waals surface area contributed by atoms with E-state index >= 15 is 0 Å². The second-order valence-corrected chi connectivity index (χ2v) is 6.62. The highest BCUT2D eigenvalue weighted by atomic mass is 35.5. The molecule has 0 spiro atoms. The Bertz CT molecular complexity index is 886. The Hall–Kier alpha value is -3.10. The molecule has 2 aromatic rings. The van der Waals surface area contributed by atoms with Gasteiger partial charge in [0.05, 0.1) is 38.6 Å². The zero-order chi connectivity index (χ0) is 21.4. The van der Waals surface area contributed by atoms with E-state index in [-0.39, 0.29) is 24.9 Å². The molecule has 0 atom stereocenters. The second-order valence-electron chi connectivity index (χ2n) is 6.18. The van der Waals surface area contributed by atoms with Crippen molar-refractivity contribution in [2.75, 3.05) is 45.0 Å². The molecule has 29 heavy (non-hydrogen) atoms. The summed E-state index contributed by atoms with van der Waals surface area (Å²) in [6.45, 7) is -0.0107. The number of ether oxygens (including phenoxy) is 2. The van der Waals surface area contributed by atoms with Crippen LogP contribution in [0.3, 0.4) is 0 Å². The summed E-state index contributed by atoms with van der Waals surface area (Å²) in [4.78, 5) is 37.4. The number of hydrogen-bond acceptors (Lipinski definition) is 6. The Morgan fingerprint density at radius 2 is 1.59 bits per heavy atom. The predicted molar refractivity (Wildman–Crippen MR) is 111 cm³/mol. The Labute approximate surface area is 173 Å². The highest BCUT2D eigenvalue weighted by Crippen LogP contribution is 2.27. The highest BCUT2D eigenvalue weighted by Gasteiger charge is 2.14. The minimum atomic E-state index is -0.454. The van der Waals surface area contributed by atoms with Crippen LogP contribution in [-0.4, -0.2) is 57.0 Å². The molecule has 0 heterocycles. The Balaban J connectivity index is 1.86. The van der Waals surface area contributed by atoms with Crippen LogP contribution in [0.2, 0.25) is 5.02 Å². The summed E-state index contributed by atoms with van der Waals surface area (Å²) in [5.41, 5.74) is 1.37. The van der Waals surface area contributed by atoms with Crippen molar-refractivity contribution in [1.82, 2.24) is 4.90 Å². The quantitative estimate of drug-likeness (QED) is 0.638. The van der Waals surface area contributed by atoms with E-state index in [1.165, 1.54) is 14.2 Å². The second kappa shape index (κ2) is 10.4. The molecule has 2 N–H and O–H groups in total. The number of nitrogens with one attached hydrogen (secondary N) is 2. The molecule has 0 aliphatic rings. The molecular weight excluding hydrogens is 398 g/mol. The SMILES string of the molecule is COC(=O)c1ccc(NC(=O)CN(C)CC(=O)Nc2cc(Cl)ccc2OC)cc1. The number of anilines is 2. The third-order valence-corrected chi connectivity index (χ3v) is 4.09. The molecule has 0 saturated heterocycles. The topological polar surface area (TPSA) is 97.0 Å². The van der Waals surface area contributed by atoms with Crippen LogP contribution in [0.15, 0.2) is 42.5 Å². The normalized spacial score (nSPS) is 10.4. The molecule has 2 rings (SSSR count). The van der Waals surface area contributed by atoms with E-state index in [2.05, 4.69) is 15.4 Å². The number of halogens is 1. The number of benzene rings is 2. The van der Waals surface area contributed by atoms with E-state index in [0.29, 0.717) is 27.7 Å². The van der Waals surface area contributed by atoms with E-state index in [1.54, 1.807) is 54.4 Å². The van der Waals surface area contributed by atoms with Gasteiger partial charge < -0.3 is 20.1 Å². The van der Waals surface area contributed by atoms with Crippen molar-refractivity contribution in [3.8, 4) is 5.75 Å². The first-order valence-electron chi connectivity index (χ1n) is 8.62. The van der Waals surface area contributed by atoms with Crippen LogP contribution in [0.4, 0.5) is 11.4 Å². The molecule has 154 valence electrons. The fourth-order valence-electron chi connectivity index (χ4n) is 2.52. The Morgan fingerprint density at radius 1 is 0.966 bits per heavy atom. The van der Waals surface area contributed by atoms with Crippen molar-refractivity contribution in [3.63, 3.8) is 0 Å². The zero-order valence-electron chi connectivity index (χ0n) is 16.3. The van der Waals surface area contributed by atoms with Gasteiger partial charge in [0.15, 0.2) is 0 Å². The summed E-state index contributed by atoms with van der Waals surface area (Å²) in [6.07, 6.45) is 0. The van der Waals surface area contributed by atoms with Crippen molar-refractivity contribution in [3.05, 3.63) is 53.1 Å². The average molecular weight is 420 g/mol. The minimum Gasteiger partial charge on any atom is -0.495 e. The molecule has 0 fully saturated rings. The van der Waals surface area contributed by atoms with Crippen LogP contribution in [0.25, 0.3) is 0 Å². The lowest BCUT2D eigenvalue weighted by atomic mass is 10.2. The molecular formula is C20H22ClN3O5. The maximum Gasteiger partial charge on any atom is 0.337 e. The van der Waals surface area contributed by atoms with Gasteiger partial charge in [0.1, 0.15) is 5.75 Å². The summed E-state index contributed by atoms with van der Waals surface area (Å²) < 4.78 is 9.81. The lowest BCUT2D eigenvalue weighted by Crippen LogP contribution is -2.36. The van der Waals surface area contributed by atoms with Gasteiger partial charge in [-0.2, -0.15) is 0 Å². The van der Waals surface area contributed by atoms with Crippen LogP contribution < -0.4 is 15.4 Å². The van der Waals surface area contributed by atoms with Crippen LogP contribution in [0.5, 0.6) is 5.75 Å². The molecule has 9 heteroatoms. The Kier molecular flexibility index (Phi) is 7.99. The number of carbonyl (C=O) groups is 3. The van der Waals surface area contributed by atoms with Crippen molar-refractivity contribution in [2.45, 2.75) is 0 Å². The molecule has 0 bridgehead atoms. The molecule has 8 nitrogen and oxygen atoms in total. The van der Waals surface area contributed by atoms with Gasteiger partial charge in [-0.15, -0.1) is 0 Å². The predicted octanol–water partition coefficient (Wildman–Crippen LogP) is 2.64. The number of likely N-dealkylation sites (N-methyl/N-ethyl adjacent to an activating group) is 1. The fraction of sp³-hybridized carbons (Fsp3) is 0.250. The van der Waals surface area contributed by atoms with Gasteiger partial charge in [0.2, 0.25) is 11.8 Å². The van der Waals surface area contributed by atoms with E-state index in [9.17, 15) is 14.4 Å². The lowest BCUT2D eigenvalue weighted by molar-refractivity contribution is -0.119. The first kappa shape index (κ1) is 22.2. The van der Waals surface area contributed by atoms with Crippen LogP contribution >= 0.6 is 11.6 Å². The molecule has 0 aromatic heterocycles. The molecule has 0 aliphatic heterocycles. The first-order chi connectivity index (χ1) is 13.8. The molecule has 2 aromatic carbocycles. The van der Waals surface area contributed by atoms with Gasteiger partial charge in [0.25, 0.3) is 0 Å². The van der Waals surface area contributed by atoms with Gasteiger partial charge >= 0.3 is 5.97 Å². The third kappa shape index (κ3) is 6.78. The van der Waals surface area contributed by atoms with E-state index in [1.807, 2.05) is 0 Å². The molecule has 2 amide bonds. The summed E-state index contributed by atoms with van der Waals surface area (Å²) >= 11 is 5.95. The summed E-state index contributed by atoms with van der Waals surface area (Å²) in [6, 6.07) is 11.2. The summed E-state index contributed by atoms with van der Waals surface area (Å²) in [5, 5.41) is 5.88. The van der Waals surface area contributed by atoms with Gasteiger partial charge in [-0.25, -0.2) is 4.79 Å². The number of esters is 1. The lowest BCUT2D eigenvalue weighted by Gasteiger charge is -2.17. The standard InChI is InChI=1S/C20H22ClN3O5/c1-24(12-19(26)23-16-10-14(21)6-9-17(16)28-2)11-18(25)22-15-7-4-13(5-8-15)20(27)29-3/h4-10H,11-12H2,1-3H3,(H,22,25)(H,23,26). The number of rotatable bonds is 8. The minimum absolute atomic E-state index is 0.00114. The number of methoxy groups -OCH3 is 2. The van der Waals surface area contributed by atoms with Crippen LogP contribution in [0.1, 0.15) is 10.4 Å². The number of nitrogens with zero attached hydrogens (tertiary/aromatic N) is 1. The summed E-state index contributed by atoms with van der Waals surface area (Å²) in [5.74, 6) is -0.585. The van der Waals surface area contributed by atoms with Gasteiger partial charge in [-0.1, -0.05) is 11.6 Å². The van der Waals surface area contributed by atoms with E-state index in [4.69, 9.17) is 16.3 Å². The first-order valence-corrected chi connectivity index (χ1v) is 9.00. The van der Waals surface area contributed by atoms with Crippen LogP contribution in [-0.2, 0) is 14.3 Å². The monoisotopic (exact) mass is 419 g/mol. The van der Waals surface area contributed by atoms with E-state index in [0.717, 1.165) is 0 Å². The zero-order valence-corrected chi connectivity index (χ0v) is 17.1. The number of carbonyl (C=O) groups excluding carboxylic acids is 3. The van der Waals surface area contributed by atoms with Crippen molar-refractivity contribution >= 4 is 40.8 Å². The van der Waals surface area contributed by atoms with Crippen molar-refractivity contribution in [1.29, 1.82) is 0 Å². The highest BCUT2D eigenvalue weighted by molar-refractivity contribution is 6.31. The van der Waals surface area contributed by atoms with Crippen LogP contribution in [0, 0.1) is 0 Å². The molecule has 0 unspecified atom stereocenters. The van der Waals surface area contributed by atoms with Crippen molar-refractivity contribution in [2.24, 2.45) is 0 Å². The summed E-state index contributed by atoms with van der Waals surface area (Å²) in [7, 11) is 4.44. The molecule has 0 aliphatic carbocycles. The third-order valence-electron chi connectivity index (χ3n) is 3.85. The van der Waals surface area contributed by atoms with Crippen molar-refractivity contribution < 1.29 is 23.9 Å². The van der Waals surface area contributed by atoms with Gasteiger partial charge in [0, 0.05) is 10.7 Å². The van der Waals surface area contributed by atoms with Gasteiger partial charge in [-0.05, 0) is 49.5 Å². The van der Waals surface area contributed by atoms with Gasteiger partial charge in [-0.3, -0.25) is 14.5 Å². The molecule has 0 radical (unpaired) electrons. The Morgan fingerprint density at radius 3 is 2.17 bits per heavy atom. The average Bonchev–Trinajstić information content (AvgIpc) is 2.67. The fourth-order valence-corrected chi connectivity index (χ4v) is 2.69. The smallest absolute Gasteiger partial charge is 0.337 e. The molecule has 0 saturated carbocycles.